The van der Waals surface area contributed by atoms with Crippen molar-refractivity contribution in [2.45, 2.75) is 26.4 Å². The summed E-state index contributed by atoms with van der Waals surface area (Å²) in [5, 5.41) is 2.03. The van der Waals surface area contributed by atoms with Crippen LogP contribution >= 0.6 is 11.3 Å². The van der Waals surface area contributed by atoms with Crippen LogP contribution < -0.4 is 4.90 Å². The SMILES string of the molecule is CC(C)N(C(=O)Cn1c(-c2cccs2)nc2ccccc21)c1ccccc1. The first-order chi connectivity index (χ1) is 13.1. The number of benzene rings is 2. The molecule has 136 valence electrons. The fourth-order valence-electron chi connectivity index (χ4n) is 3.36. The molecule has 0 aliphatic heterocycles. The van der Waals surface area contributed by atoms with E-state index in [2.05, 4.69) is 0 Å². The van der Waals surface area contributed by atoms with Crippen molar-refractivity contribution in [2.75, 3.05) is 4.90 Å². The predicted octanol–water partition coefficient (Wildman–Crippen LogP) is 5.21. The lowest BCUT2D eigenvalue weighted by Crippen LogP contribution is -2.39. The average molecular weight is 375 g/mol. The minimum absolute atomic E-state index is 0.0529. The molecule has 0 fully saturated rings. The summed E-state index contributed by atoms with van der Waals surface area (Å²) in [5.41, 5.74) is 2.80. The van der Waals surface area contributed by atoms with Crippen molar-refractivity contribution in [1.82, 2.24) is 9.55 Å². The van der Waals surface area contributed by atoms with E-state index in [9.17, 15) is 4.79 Å². The average Bonchev–Trinajstić information content (AvgIpc) is 3.31. The molecule has 4 aromatic rings. The highest BCUT2D eigenvalue weighted by atomic mass is 32.1. The fraction of sp³-hybridized carbons (Fsp3) is 0.182. The van der Waals surface area contributed by atoms with E-state index in [1.165, 1.54) is 0 Å². The van der Waals surface area contributed by atoms with Crippen LogP contribution in [-0.2, 0) is 11.3 Å². The summed E-state index contributed by atoms with van der Waals surface area (Å²) in [4.78, 5) is 21.0. The summed E-state index contributed by atoms with van der Waals surface area (Å²) >= 11 is 1.64. The molecule has 2 heterocycles. The third-order valence-corrected chi connectivity index (χ3v) is 5.37. The number of carbonyl (C=O) groups excluding carboxylic acids is 1. The number of carbonyl (C=O) groups is 1. The molecule has 0 spiro atoms. The van der Waals surface area contributed by atoms with Gasteiger partial charge in [0.15, 0.2) is 5.82 Å². The second-order valence-electron chi connectivity index (χ2n) is 6.68. The first-order valence-corrected chi connectivity index (χ1v) is 9.89. The highest BCUT2D eigenvalue weighted by Gasteiger charge is 2.22. The number of nitrogens with zero attached hydrogens (tertiary/aromatic N) is 3. The van der Waals surface area contributed by atoms with Crippen molar-refractivity contribution in [1.29, 1.82) is 0 Å². The van der Waals surface area contributed by atoms with E-state index in [0.29, 0.717) is 0 Å². The van der Waals surface area contributed by atoms with Gasteiger partial charge in [0.1, 0.15) is 6.54 Å². The number of imidazole rings is 1. The van der Waals surface area contributed by atoms with Crippen LogP contribution in [0.15, 0.2) is 72.1 Å². The topological polar surface area (TPSA) is 38.1 Å². The van der Waals surface area contributed by atoms with Crippen LogP contribution in [0, 0.1) is 0 Å². The van der Waals surface area contributed by atoms with Crippen LogP contribution in [0.4, 0.5) is 5.69 Å². The van der Waals surface area contributed by atoms with E-state index >= 15 is 0 Å². The second-order valence-corrected chi connectivity index (χ2v) is 7.63. The molecule has 2 aromatic carbocycles. The standard InChI is InChI=1S/C22H21N3OS/c1-16(2)25(17-9-4-3-5-10-17)21(26)15-24-19-12-7-6-11-18(19)23-22(24)20-13-8-14-27-20/h3-14,16H,15H2,1-2H3. The highest BCUT2D eigenvalue weighted by molar-refractivity contribution is 7.13. The van der Waals surface area contributed by atoms with E-state index < -0.39 is 0 Å². The number of anilines is 1. The largest absolute Gasteiger partial charge is 0.314 e. The van der Waals surface area contributed by atoms with Gasteiger partial charge in [0.05, 0.1) is 15.9 Å². The number of para-hydroxylation sites is 3. The first-order valence-electron chi connectivity index (χ1n) is 9.01. The zero-order valence-corrected chi connectivity index (χ0v) is 16.2. The van der Waals surface area contributed by atoms with E-state index in [0.717, 1.165) is 27.4 Å². The number of rotatable bonds is 5. The summed E-state index contributed by atoms with van der Waals surface area (Å²) in [6, 6.07) is 21.9. The van der Waals surface area contributed by atoms with E-state index in [1.807, 2.05) is 95.4 Å². The van der Waals surface area contributed by atoms with E-state index in [-0.39, 0.29) is 18.5 Å². The summed E-state index contributed by atoms with van der Waals surface area (Å²) < 4.78 is 2.03. The number of thiophene rings is 1. The normalized spacial score (nSPS) is 11.2. The van der Waals surface area contributed by atoms with Gasteiger partial charge in [-0.3, -0.25) is 4.79 Å². The molecule has 0 aliphatic rings. The van der Waals surface area contributed by atoms with Gasteiger partial charge in [0.2, 0.25) is 5.91 Å². The van der Waals surface area contributed by atoms with Gasteiger partial charge in [-0.1, -0.05) is 36.4 Å². The third-order valence-electron chi connectivity index (χ3n) is 4.51. The van der Waals surface area contributed by atoms with Crippen molar-refractivity contribution in [2.24, 2.45) is 0 Å². The zero-order chi connectivity index (χ0) is 18.8. The molecule has 4 nitrogen and oxygen atoms in total. The molecule has 27 heavy (non-hydrogen) atoms. The summed E-state index contributed by atoms with van der Waals surface area (Å²) in [7, 11) is 0. The lowest BCUT2D eigenvalue weighted by Gasteiger charge is -2.27. The van der Waals surface area contributed by atoms with Crippen LogP contribution in [0.2, 0.25) is 0 Å². The van der Waals surface area contributed by atoms with Gasteiger partial charge in [-0.15, -0.1) is 11.3 Å². The van der Waals surface area contributed by atoms with Crippen LogP contribution in [-0.4, -0.2) is 21.5 Å². The Morgan fingerprint density at radius 3 is 2.48 bits per heavy atom. The van der Waals surface area contributed by atoms with E-state index in [4.69, 9.17) is 4.98 Å². The van der Waals surface area contributed by atoms with Crippen molar-refractivity contribution in [3.63, 3.8) is 0 Å². The lowest BCUT2D eigenvalue weighted by atomic mass is 10.2. The lowest BCUT2D eigenvalue weighted by molar-refractivity contribution is -0.119. The Morgan fingerprint density at radius 2 is 1.78 bits per heavy atom. The number of aromatic nitrogens is 2. The maximum atomic E-state index is 13.3. The van der Waals surface area contributed by atoms with Gasteiger partial charge in [-0.25, -0.2) is 4.98 Å². The van der Waals surface area contributed by atoms with Gasteiger partial charge >= 0.3 is 0 Å². The number of hydrogen-bond donors (Lipinski definition) is 0. The van der Waals surface area contributed by atoms with Gasteiger partial charge in [0, 0.05) is 11.7 Å². The highest BCUT2D eigenvalue weighted by Crippen LogP contribution is 2.29. The molecule has 0 aliphatic carbocycles. The minimum Gasteiger partial charge on any atom is -0.314 e. The summed E-state index contributed by atoms with van der Waals surface area (Å²) in [6.07, 6.45) is 0. The zero-order valence-electron chi connectivity index (χ0n) is 15.4. The molecule has 5 heteroatoms. The molecule has 2 aromatic heterocycles. The van der Waals surface area contributed by atoms with Crippen molar-refractivity contribution in [3.8, 4) is 10.7 Å². The Balaban J connectivity index is 1.76. The summed E-state index contributed by atoms with van der Waals surface area (Å²) in [5.74, 6) is 0.897. The van der Waals surface area contributed by atoms with Crippen molar-refractivity contribution in [3.05, 3.63) is 72.1 Å². The molecule has 0 unspecified atom stereocenters. The Hall–Kier alpha value is -2.92. The van der Waals surface area contributed by atoms with Crippen LogP contribution in [0.3, 0.4) is 0 Å². The third kappa shape index (κ3) is 3.38. The van der Waals surface area contributed by atoms with Crippen molar-refractivity contribution < 1.29 is 4.79 Å². The maximum absolute atomic E-state index is 13.3. The molecular weight excluding hydrogens is 354 g/mol. The Bertz CT molecular complexity index is 1050. The molecule has 0 N–H and O–H groups in total. The van der Waals surface area contributed by atoms with E-state index in [1.54, 1.807) is 11.3 Å². The molecule has 0 saturated carbocycles. The number of hydrogen-bond acceptors (Lipinski definition) is 3. The second kappa shape index (κ2) is 7.37. The minimum atomic E-state index is 0.0529. The Morgan fingerprint density at radius 1 is 1.04 bits per heavy atom. The molecule has 1 amide bonds. The Kier molecular flexibility index (Phi) is 4.77. The molecule has 0 atom stereocenters. The van der Waals surface area contributed by atoms with Gasteiger partial charge in [-0.05, 0) is 49.6 Å². The van der Waals surface area contributed by atoms with Crippen LogP contribution in [0.5, 0.6) is 0 Å². The fourth-order valence-corrected chi connectivity index (χ4v) is 4.08. The van der Waals surface area contributed by atoms with Crippen LogP contribution in [0.1, 0.15) is 13.8 Å². The molecule has 4 rings (SSSR count). The van der Waals surface area contributed by atoms with Crippen LogP contribution in [0.25, 0.3) is 21.7 Å². The van der Waals surface area contributed by atoms with Crippen molar-refractivity contribution >= 4 is 34.0 Å². The molecule has 0 saturated heterocycles. The smallest absolute Gasteiger partial charge is 0.247 e. The maximum Gasteiger partial charge on any atom is 0.247 e. The molecular formula is C22H21N3OS. The Labute approximate surface area is 162 Å². The predicted molar refractivity (Wildman–Crippen MR) is 112 cm³/mol. The summed E-state index contributed by atoms with van der Waals surface area (Å²) in [6.45, 7) is 4.33. The number of amides is 1. The van der Waals surface area contributed by atoms with Gasteiger partial charge in [0.25, 0.3) is 0 Å². The quantitative estimate of drug-likeness (QED) is 0.480. The van der Waals surface area contributed by atoms with Gasteiger partial charge in [-0.2, -0.15) is 0 Å². The monoisotopic (exact) mass is 375 g/mol. The first kappa shape index (κ1) is 17.5. The van der Waals surface area contributed by atoms with Gasteiger partial charge < -0.3 is 9.47 Å². The number of fused-ring (bicyclic) bond motifs is 1. The molecule has 0 radical (unpaired) electrons. The molecule has 0 bridgehead atoms.